The second kappa shape index (κ2) is 10.4. The van der Waals surface area contributed by atoms with Gasteiger partial charge in [-0.2, -0.15) is 5.10 Å². The van der Waals surface area contributed by atoms with Crippen molar-refractivity contribution in [3.63, 3.8) is 0 Å². The molecule has 2 aliphatic heterocycles. The van der Waals surface area contributed by atoms with Crippen molar-refractivity contribution in [2.45, 2.75) is 39.5 Å². The number of pyridine rings is 1. The Balaban J connectivity index is 1.68. The Kier molecular flexibility index (Phi) is 7.03. The number of benzene rings is 1. The molecule has 2 aliphatic rings. The molecule has 1 saturated heterocycles. The fraction of sp³-hybridized carbons (Fsp3) is 0.444. The number of aromatic nitrogens is 3. The van der Waals surface area contributed by atoms with Gasteiger partial charge < -0.3 is 25.2 Å². The summed E-state index contributed by atoms with van der Waals surface area (Å²) < 4.78 is 13.3. The van der Waals surface area contributed by atoms with E-state index in [1.807, 2.05) is 35.6 Å². The van der Waals surface area contributed by atoms with Crippen molar-refractivity contribution in [1.29, 1.82) is 0 Å². The molecule has 3 N–H and O–H groups in total. The van der Waals surface area contributed by atoms with E-state index in [-0.39, 0.29) is 12.3 Å². The fourth-order valence-electron chi connectivity index (χ4n) is 5.26. The van der Waals surface area contributed by atoms with Crippen molar-refractivity contribution in [1.82, 2.24) is 14.8 Å². The number of carbonyl (C=O) groups excluding carboxylic acids is 1. The van der Waals surface area contributed by atoms with Crippen molar-refractivity contribution in [2.24, 2.45) is 11.7 Å². The molecule has 0 aliphatic carbocycles. The van der Waals surface area contributed by atoms with E-state index in [0.29, 0.717) is 19.1 Å². The second-order valence-electron chi connectivity index (χ2n) is 9.73. The Hall–Kier alpha value is -3.63. The number of aryl methyl sites for hydroxylation is 2. The number of nitrogens with two attached hydrogens (primary N) is 1. The highest BCUT2D eigenvalue weighted by molar-refractivity contribution is 6.00. The summed E-state index contributed by atoms with van der Waals surface area (Å²) in [5.41, 5.74) is 11.5. The summed E-state index contributed by atoms with van der Waals surface area (Å²) in [5.74, 6) is -0.271. The molecule has 0 bridgehead atoms. The number of piperidine rings is 1. The maximum Gasteiger partial charge on any atom is 0.268 e. The molecule has 0 radical (unpaired) electrons. The predicted octanol–water partition coefficient (Wildman–Crippen LogP) is 2.77. The summed E-state index contributed by atoms with van der Waals surface area (Å²) in [6.07, 6.45) is 4.39. The van der Waals surface area contributed by atoms with Gasteiger partial charge in [-0.05, 0) is 56.9 Å². The number of nitrogens with zero attached hydrogens (tertiary/aromatic N) is 5. The van der Waals surface area contributed by atoms with Crippen LogP contribution >= 0.6 is 0 Å². The van der Waals surface area contributed by atoms with Crippen molar-refractivity contribution < 1.29 is 19.4 Å². The van der Waals surface area contributed by atoms with Gasteiger partial charge in [0.25, 0.3) is 5.91 Å². The van der Waals surface area contributed by atoms with Crippen LogP contribution < -0.4 is 15.5 Å². The van der Waals surface area contributed by atoms with Crippen molar-refractivity contribution in [2.75, 3.05) is 43.2 Å². The lowest BCUT2D eigenvalue weighted by molar-refractivity contribution is -0.114. The fourth-order valence-corrected chi connectivity index (χ4v) is 5.26. The number of aliphatic hydroxyl groups excluding tert-OH is 1. The maximum absolute atomic E-state index is 12.6. The first-order valence-corrected chi connectivity index (χ1v) is 12.6. The minimum absolute atomic E-state index is 0.195. The third-order valence-corrected chi connectivity index (χ3v) is 7.27. The number of hydrogen-bond acceptors (Lipinski definition) is 8. The molecule has 1 fully saturated rings. The van der Waals surface area contributed by atoms with Gasteiger partial charge in [0, 0.05) is 49.6 Å². The van der Waals surface area contributed by atoms with Gasteiger partial charge in [-0.3, -0.25) is 19.4 Å². The third kappa shape index (κ3) is 4.74. The number of carbonyl (C=O) groups is 1. The highest BCUT2D eigenvalue weighted by atomic mass is 16.5. The molecule has 1 unspecified atom stereocenters. The van der Waals surface area contributed by atoms with Crippen molar-refractivity contribution in [3.8, 4) is 0 Å². The summed E-state index contributed by atoms with van der Waals surface area (Å²) >= 11 is 0. The molecule has 10 nitrogen and oxygen atoms in total. The summed E-state index contributed by atoms with van der Waals surface area (Å²) in [6.45, 7) is 6.86. The Morgan fingerprint density at radius 3 is 2.68 bits per heavy atom. The number of rotatable bonds is 8. The molecule has 1 atom stereocenters. The molecule has 2 aromatic heterocycles. The topological polar surface area (TPSA) is 119 Å². The first-order valence-electron chi connectivity index (χ1n) is 12.6. The Bertz CT molecular complexity index is 1330. The van der Waals surface area contributed by atoms with E-state index in [4.69, 9.17) is 20.3 Å². The van der Waals surface area contributed by atoms with Gasteiger partial charge in [-0.1, -0.05) is 0 Å². The van der Waals surface area contributed by atoms with Crippen LogP contribution in [0.4, 0.5) is 11.4 Å². The standard InChI is InChI=1S/C27H34N6O4/c1-17-12-20(4-7-29-17)27-33(25(16-37-27)26(28)35)24-13-21-18(2)30-32(10-11-36-3)22(21)14-23(24)31-8-5-19(15-34)6-9-31/h4,7,12-14,16,19,27,34H,5-6,8-11,15H2,1-3H3,(H2,28,35). The average molecular weight is 507 g/mol. The van der Waals surface area contributed by atoms with E-state index in [9.17, 15) is 9.90 Å². The molecule has 10 heteroatoms. The van der Waals surface area contributed by atoms with Crippen LogP contribution in [-0.4, -0.2) is 59.2 Å². The van der Waals surface area contributed by atoms with Gasteiger partial charge in [-0.15, -0.1) is 0 Å². The normalized spacial score (nSPS) is 18.4. The number of anilines is 2. The number of fused-ring (bicyclic) bond motifs is 1. The monoisotopic (exact) mass is 506 g/mol. The van der Waals surface area contributed by atoms with Crippen LogP contribution in [0.5, 0.6) is 0 Å². The average Bonchev–Trinajstić information content (AvgIpc) is 3.48. The third-order valence-electron chi connectivity index (χ3n) is 7.27. The first kappa shape index (κ1) is 25.0. The molecular weight excluding hydrogens is 472 g/mol. The van der Waals surface area contributed by atoms with Gasteiger partial charge in [0.1, 0.15) is 12.0 Å². The Morgan fingerprint density at radius 2 is 2.00 bits per heavy atom. The smallest absolute Gasteiger partial charge is 0.268 e. The lowest BCUT2D eigenvalue weighted by Gasteiger charge is -2.37. The molecule has 1 amide bonds. The lowest BCUT2D eigenvalue weighted by Crippen LogP contribution is -2.37. The van der Waals surface area contributed by atoms with Gasteiger partial charge in [0.05, 0.1) is 35.7 Å². The maximum atomic E-state index is 12.6. The predicted molar refractivity (Wildman–Crippen MR) is 141 cm³/mol. The van der Waals surface area contributed by atoms with Crippen LogP contribution in [0.2, 0.25) is 0 Å². The number of methoxy groups -OCH3 is 1. The van der Waals surface area contributed by atoms with Gasteiger partial charge >= 0.3 is 0 Å². The molecule has 196 valence electrons. The SMILES string of the molecule is COCCn1nc(C)c2cc(N3C(C(N)=O)=COC3c3ccnc(C)c3)c(N3CCC(CO)CC3)cc21. The largest absolute Gasteiger partial charge is 0.471 e. The number of amides is 1. The van der Waals surface area contributed by atoms with E-state index in [2.05, 4.69) is 22.0 Å². The van der Waals surface area contributed by atoms with Crippen LogP contribution in [0.15, 0.2) is 42.4 Å². The number of ether oxygens (including phenoxy) is 2. The Labute approximate surface area is 216 Å². The number of aliphatic hydroxyl groups is 1. The number of primary amides is 1. The number of hydrogen-bond donors (Lipinski definition) is 2. The summed E-state index contributed by atoms with van der Waals surface area (Å²) in [7, 11) is 1.68. The summed E-state index contributed by atoms with van der Waals surface area (Å²) in [5, 5.41) is 15.4. The van der Waals surface area contributed by atoms with Gasteiger partial charge in [-0.25, -0.2) is 0 Å². The van der Waals surface area contributed by atoms with Crippen LogP contribution in [0.3, 0.4) is 0 Å². The van der Waals surface area contributed by atoms with Crippen molar-refractivity contribution >= 4 is 28.2 Å². The van der Waals surface area contributed by atoms with Crippen LogP contribution in [0.1, 0.15) is 36.0 Å². The molecule has 5 rings (SSSR count). The van der Waals surface area contributed by atoms with Gasteiger partial charge in [0.15, 0.2) is 0 Å². The Morgan fingerprint density at radius 1 is 1.22 bits per heavy atom. The highest BCUT2D eigenvalue weighted by Crippen LogP contribution is 2.45. The molecule has 3 aromatic rings. The van der Waals surface area contributed by atoms with E-state index in [0.717, 1.165) is 65.2 Å². The molecule has 1 aromatic carbocycles. The molecule has 37 heavy (non-hydrogen) atoms. The van der Waals surface area contributed by atoms with E-state index >= 15 is 0 Å². The first-order chi connectivity index (χ1) is 17.9. The van der Waals surface area contributed by atoms with Crippen LogP contribution in [0, 0.1) is 19.8 Å². The molecule has 0 spiro atoms. The van der Waals surface area contributed by atoms with Crippen molar-refractivity contribution in [3.05, 3.63) is 59.4 Å². The summed E-state index contributed by atoms with van der Waals surface area (Å²) in [4.78, 5) is 21.1. The zero-order chi connectivity index (χ0) is 26.1. The minimum atomic E-state index is -0.570. The van der Waals surface area contributed by atoms with E-state index in [1.54, 1.807) is 13.3 Å². The minimum Gasteiger partial charge on any atom is -0.471 e. The zero-order valence-electron chi connectivity index (χ0n) is 21.6. The van der Waals surface area contributed by atoms with E-state index in [1.165, 1.54) is 6.26 Å². The quantitative estimate of drug-likeness (QED) is 0.479. The lowest BCUT2D eigenvalue weighted by atomic mass is 9.97. The highest BCUT2D eigenvalue weighted by Gasteiger charge is 2.36. The second-order valence-corrected chi connectivity index (χ2v) is 9.73. The van der Waals surface area contributed by atoms with Gasteiger partial charge in [0.2, 0.25) is 6.23 Å². The van der Waals surface area contributed by atoms with E-state index < -0.39 is 12.1 Å². The summed E-state index contributed by atoms with van der Waals surface area (Å²) in [6, 6.07) is 8.07. The van der Waals surface area contributed by atoms with Crippen LogP contribution in [-0.2, 0) is 20.8 Å². The molecular formula is C27H34N6O4. The van der Waals surface area contributed by atoms with Crippen LogP contribution in [0.25, 0.3) is 10.9 Å². The molecule has 0 saturated carbocycles. The molecule has 4 heterocycles. The zero-order valence-corrected chi connectivity index (χ0v) is 21.6.